The van der Waals surface area contributed by atoms with E-state index in [2.05, 4.69) is 15.2 Å². The maximum absolute atomic E-state index is 11.0. The van der Waals surface area contributed by atoms with Crippen molar-refractivity contribution in [2.24, 2.45) is 7.05 Å². The van der Waals surface area contributed by atoms with Crippen LogP contribution < -0.4 is 5.32 Å². The fraction of sp³-hybridized carbons (Fsp3) is 0.636. The lowest BCUT2D eigenvalue weighted by Gasteiger charge is -2.13. The summed E-state index contributed by atoms with van der Waals surface area (Å²) in [5, 5.41) is 7.46. The van der Waals surface area contributed by atoms with E-state index in [1.54, 1.807) is 0 Å². The van der Waals surface area contributed by atoms with Crippen LogP contribution in [0.3, 0.4) is 0 Å². The lowest BCUT2D eigenvalue weighted by Crippen LogP contribution is -2.27. The highest BCUT2D eigenvalue weighted by Crippen LogP contribution is 2.20. The first-order valence-corrected chi connectivity index (χ1v) is 5.27. The van der Waals surface area contributed by atoms with Crippen LogP contribution in [0.1, 0.15) is 29.9 Å². The molecule has 1 rings (SSSR count). The predicted octanol–water partition coefficient (Wildman–Crippen LogP) is 0.861. The molecule has 90 valence electrons. The van der Waals surface area contributed by atoms with Gasteiger partial charge in [-0.05, 0) is 20.8 Å². The average Bonchev–Trinajstić information content (AvgIpc) is 2.49. The van der Waals surface area contributed by atoms with Crippen LogP contribution in [0.25, 0.3) is 0 Å². The molecule has 0 bridgehead atoms. The van der Waals surface area contributed by atoms with Crippen LogP contribution in [0.4, 0.5) is 0 Å². The molecular weight excluding hydrogens is 206 g/mol. The number of methoxy groups -OCH3 is 1. The number of nitrogens with one attached hydrogen (secondary N) is 1. The quantitative estimate of drug-likeness (QED) is 0.772. The molecular formula is C11H19N3O2. The number of carbonyl (C=O) groups excluding carboxylic acids is 1. The molecule has 0 aliphatic carbocycles. The molecule has 0 aliphatic rings. The molecule has 0 saturated heterocycles. The fourth-order valence-corrected chi connectivity index (χ4v) is 1.83. The molecule has 0 aromatic carbocycles. The van der Waals surface area contributed by atoms with Crippen molar-refractivity contribution in [2.45, 2.75) is 26.8 Å². The number of aromatic nitrogens is 2. The van der Waals surface area contributed by atoms with Crippen molar-refractivity contribution >= 4 is 5.97 Å². The molecule has 1 aromatic rings. The SMILES string of the molecule is COC(=O)CNC(C)c1c(C)nn(C)c1C. The number of esters is 1. The van der Waals surface area contributed by atoms with Crippen molar-refractivity contribution in [1.29, 1.82) is 0 Å². The van der Waals surface area contributed by atoms with Crippen molar-refractivity contribution in [3.05, 3.63) is 17.0 Å². The Morgan fingerprint density at radius 1 is 1.56 bits per heavy atom. The maximum Gasteiger partial charge on any atom is 0.319 e. The summed E-state index contributed by atoms with van der Waals surface area (Å²) in [4.78, 5) is 11.0. The second-order valence-electron chi connectivity index (χ2n) is 3.89. The monoisotopic (exact) mass is 225 g/mol. The molecule has 16 heavy (non-hydrogen) atoms. The third-order valence-electron chi connectivity index (χ3n) is 2.78. The number of ether oxygens (including phenoxy) is 1. The summed E-state index contributed by atoms with van der Waals surface area (Å²) < 4.78 is 6.43. The number of aryl methyl sites for hydroxylation is 2. The second-order valence-corrected chi connectivity index (χ2v) is 3.89. The van der Waals surface area contributed by atoms with Gasteiger partial charge in [0, 0.05) is 24.3 Å². The summed E-state index contributed by atoms with van der Waals surface area (Å²) in [5.74, 6) is -0.258. The standard InChI is InChI=1S/C11H19N3O2/c1-7(12-6-10(15)16-5)11-8(2)13-14(4)9(11)3/h7,12H,6H2,1-5H3. The van der Waals surface area contributed by atoms with Crippen molar-refractivity contribution in [3.63, 3.8) is 0 Å². The molecule has 1 aromatic heterocycles. The van der Waals surface area contributed by atoms with E-state index >= 15 is 0 Å². The van der Waals surface area contributed by atoms with Gasteiger partial charge in [0.05, 0.1) is 19.3 Å². The van der Waals surface area contributed by atoms with Crippen molar-refractivity contribution < 1.29 is 9.53 Å². The van der Waals surface area contributed by atoms with E-state index in [4.69, 9.17) is 0 Å². The Kier molecular flexibility index (Phi) is 4.06. The minimum Gasteiger partial charge on any atom is -0.468 e. The van der Waals surface area contributed by atoms with Gasteiger partial charge < -0.3 is 10.1 Å². The van der Waals surface area contributed by atoms with E-state index in [0.29, 0.717) is 0 Å². The fourth-order valence-electron chi connectivity index (χ4n) is 1.83. The van der Waals surface area contributed by atoms with Crippen LogP contribution in [-0.2, 0) is 16.6 Å². The summed E-state index contributed by atoms with van der Waals surface area (Å²) in [6, 6.07) is 0.0906. The maximum atomic E-state index is 11.0. The highest BCUT2D eigenvalue weighted by Gasteiger charge is 2.16. The lowest BCUT2D eigenvalue weighted by atomic mass is 10.1. The zero-order valence-corrected chi connectivity index (χ0v) is 10.5. The van der Waals surface area contributed by atoms with E-state index in [9.17, 15) is 4.79 Å². The van der Waals surface area contributed by atoms with Gasteiger partial charge >= 0.3 is 5.97 Å². The van der Waals surface area contributed by atoms with Crippen molar-refractivity contribution in [3.8, 4) is 0 Å². The van der Waals surface area contributed by atoms with Gasteiger partial charge in [0.15, 0.2) is 0 Å². The first-order valence-electron chi connectivity index (χ1n) is 5.27. The van der Waals surface area contributed by atoms with Gasteiger partial charge in [0.2, 0.25) is 0 Å². The van der Waals surface area contributed by atoms with E-state index in [1.807, 2.05) is 32.5 Å². The van der Waals surface area contributed by atoms with Gasteiger partial charge in [-0.25, -0.2) is 0 Å². The molecule has 0 saturated carbocycles. The summed E-state index contributed by atoms with van der Waals surface area (Å²) in [6.07, 6.45) is 0. The molecule has 0 fully saturated rings. The third kappa shape index (κ3) is 2.61. The molecule has 0 spiro atoms. The summed E-state index contributed by atoms with van der Waals surface area (Å²) in [6.45, 7) is 6.22. The highest BCUT2D eigenvalue weighted by molar-refractivity contribution is 5.71. The molecule has 0 aliphatic heterocycles. The van der Waals surface area contributed by atoms with E-state index in [-0.39, 0.29) is 18.6 Å². The zero-order chi connectivity index (χ0) is 12.3. The van der Waals surface area contributed by atoms with Crippen LogP contribution in [0, 0.1) is 13.8 Å². The van der Waals surface area contributed by atoms with Gasteiger partial charge in [0.1, 0.15) is 0 Å². The lowest BCUT2D eigenvalue weighted by molar-refractivity contribution is -0.139. The first kappa shape index (κ1) is 12.7. The third-order valence-corrected chi connectivity index (χ3v) is 2.78. The van der Waals surface area contributed by atoms with Crippen LogP contribution in [-0.4, -0.2) is 29.4 Å². The number of nitrogens with zero attached hydrogens (tertiary/aromatic N) is 2. The number of hydrogen-bond donors (Lipinski definition) is 1. The zero-order valence-electron chi connectivity index (χ0n) is 10.5. The smallest absolute Gasteiger partial charge is 0.319 e. The second kappa shape index (κ2) is 5.12. The summed E-state index contributed by atoms with van der Waals surface area (Å²) in [7, 11) is 3.30. The Labute approximate surface area is 95.8 Å². The van der Waals surface area contributed by atoms with E-state index < -0.39 is 0 Å². The van der Waals surface area contributed by atoms with Crippen molar-refractivity contribution in [2.75, 3.05) is 13.7 Å². The highest BCUT2D eigenvalue weighted by atomic mass is 16.5. The topological polar surface area (TPSA) is 56.1 Å². The Hall–Kier alpha value is -1.36. The minimum atomic E-state index is -0.258. The number of rotatable bonds is 4. The predicted molar refractivity (Wildman–Crippen MR) is 61.1 cm³/mol. The Morgan fingerprint density at radius 3 is 2.62 bits per heavy atom. The molecule has 1 N–H and O–H groups in total. The normalized spacial score (nSPS) is 12.6. The van der Waals surface area contributed by atoms with Gasteiger partial charge in [-0.1, -0.05) is 0 Å². The Balaban J connectivity index is 2.73. The molecule has 0 radical (unpaired) electrons. The molecule has 5 nitrogen and oxygen atoms in total. The molecule has 1 atom stereocenters. The number of hydrogen-bond acceptors (Lipinski definition) is 4. The van der Waals surface area contributed by atoms with Gasteiger partial charge in [-0.2, -0.15) is 5.10 Å². The first-order chi connectivity index (χ1) is 7.47. The summed E-state index contributed by atoms with van der Waals surface area (Å²) >= 11 is 0. The Morgan fingerprint density at radius 2 is 2.19 bits per heavy atom. The van der Waals surface area contributed by atoms with E-state index in [1.165, 1.54) is 7.11 Å². The van der Waals surface area contributed by atoms with Gasteiger partial charge in [-0.3, -0.25) is 9.48 Å². The van der Waals surface area contributed by atoms with Crippen molar-refractivity contribution in [1.82, 2.24) is 15.1 Å². The average molecular weight is 225 g/mol. The largest absolute Gasteiger partial charge is 0.468 e. The Bertz CT molecular complexity index is 385. The molecule has 0 amide bonds. The molecule has 5 heteroatoms. The van der Waals surface area contributed by atoms with E-state index in [0.717, 1.165) is 17.0 Å². The minimum absolute atomic E-state index is 0.0906. The molecule has 1 heterocycles. The molecule has 1 unspecified atom stereocenters. The van der Waals surface area contributed by atoms with Crippen LogP contribution in [0.15, 0.2) is 0 Å². The number of carbonyl (C=O) groups is 1. The van der Waals surface area contributed by atoms with Crippen LogP contribution in [0.5, 0.6) is 0 Å². The van der Waals surface area contributed by atoms with Gasteiger partial charge in [0.25, 0.3) is 0 Å². The van der Waals surface area contributed by atoms with Crippen LogP contribution in [0.2, 0.25) is 0 Å². The van der Waals surface area contributed by atoms with Crippen LogP contribution >= 0.6 is 0 Å². The summed E-state index contributed by atoms with van der Waals surface area (Å²) in [5.41, 5.74) is 3.25. The van der Waals surface area contributed by atoms with Gasteiger partial charge in [-0.15, -0.1) is 0 Å².